The Bertz CT molecular complexity index is 1020. The third-order valence-electron chi connectivity index (χ3n) is 4.26. The summed E-state index contributed by atoms with van der Waals surface area (Å²) in [5.74, 6) is -0.219. The monoisotopic (exact) mass is 348 g/mol. The Hall–Kier alpha value is -2.79. The highest BCUT2D eigenvalue weighted by atomic mass is 32.2. The van der Waals surface area contributed by atoms with Crippen LogP contribution in [-0.4, -0.2) is 27.2 Å². The summed E-state index contributed by atoms with van der Waals surface area (Å²) in [6, 6.07) is 18.3. The minimum absolute atomic E-state index is 0.206. The fourth-order valence-electron chi connectivity index (χ4n) is 2.98. The molecular formula is C20H16N2O2S. The summed E-state index contributed by atoms with van der Waals surface area (Å²) in [4.78, 5) is 25.9. The molecule has 0 spiro atoms. The highest BCUT2D eigenvalue weighted by molar-refractivity contribution is 8.18. The number of carbonyl (C=O) groups excluding carboxylic acids is 2. The maximum absolute atomic E-state index is 12.3. The number of likely N-dealkylation sites (N-methyl/N-ethyl adjacent to an activating group) is 1. The van der Waals surface area contributed by atoms with Crippen LogP contribution >= 0.6 is 11.8 Å². The van der Waals surface area contributed by atoms with Gasteiger partial charge in [-0.2, -0.15) is 0 Å². The number of thioether (sulfide) groups is 1. The molecule has 2 amide bonds. The van der Waals surface area contributed by atoms with Gasteiger partial charge in [0.2, 0.25) is 0 Å². The Labute approximate surface area is 149 Å². The second-order valence-electron chi connectivity index (χ2n) is 5.76. The van der Waals surface area contributed by atoms with E-state index in [1.807, 2.05) is 35.0 Å². The minimum atomic E-state index is -0.219. The van der Waals surface area contributed by atoms with E-state index in [0.29, 0.717) is 11.4 Å². The normalized spacial score (nSPS) is 16.4. The van der Waals surface area contributed by atoms with Crippen molar-refractivity contribution in [3.05, 3.63) is 71.4 Å². The van der Waals surface area contributed by atoms with Gasteiger partial charge < -0.3 is 4.57 Å². The highest BCUT2D eigenvalue weighted by Crippen LogP contribution is 2.32. The van der Waals surface area contributed by atoms with E-state index in [2.05, 4.69) is 30.3 Å². The Morgan fingerprint density at radius 2 is 1.80 bits per heavy atom. The number of amides is 2. The van der Waals surface area contributed by atoms with Gasteiger partial charge in [-0.15, -0.1) is 0 Å². The van der Waals surface area contributed by atoms with Crippen LogP contribution in [0.3, 0.4) is 0 Å². The summed E-state index contributed by atoms with van der Waals surface area (Å²) in [5, 5.41) is 2.14. The van der Waals surface area contributed by atoms with Crippen LogP contribution in [0.25, 0.3) is 22.5 Å². The van der Waals surface area contributed by atoms with E-state index >= 15 is 0 Å². The molecule has 1 aliphatic heterocycles. The lowest BCUT2D eigenvalue weighted by atomic mass is 10.1. The van der Waals surface area contributed by atoms with Crippen molar-refractivity contribution in [3.8, 4) is 5.69 Å². The molecule has 1 aliphatic rings. The SMILES string of the molecule is CCN1C(=O)S/C(=C\c2cccn2-c2ccc3ccccc3c2)C1=O. The molecular weight excluding hydrogens is 332 g/mol. The first-order valence-corrected chi connectivity index (χ1v) is 8.91. The first-order valence-electron chi connectivity index (χ1n) is 8.09. The molecule has 4 rings (SSSR count). The number of hydrogen-bond donors (Lipinski definition) is 0. The summed E-state index contributed by atoms with van der Waals surface area (Å²) in [7, 11) is 0. The van der Waals surface area contributed by atoms with Crippen LogP contribution in [-0.2, 0) is 4.79 Å². The quantitative estimate of drug-likeness (QED) is 0.645. The van der Waals surface area contributed by atoms with Crippen molar-refractivity contribution in [1.82, 2.24) is 9.47 Å². The van der Waals surface area contributed by atoms with Crippen LogP contribution in [0.4, 0.5) is 4.79 Å². The summed E-state index contributed by atoms with van der Waals surface area (Å²) in [6.45, 7) is 2.20. The van der Waals surface area contributed by atoms with E-state index < -0.39 is 0 Å². The predicted molar refractivity (Wildman–Crippen MR) is 102 cm³/mol. The molecule has 0 unspecified atom stereocenters. The van der Waals surface area contributed by atoms with Gasteiger partial charge in [-0.1, -0.05) is 30.3 Å². The number of nitrogens with zero attached hydrogens (tertiary/aromatic N) is 2. The molecule has 0 aliphatic carbocycles. The highest BCUT2D eigenvalue weighted by Gasteiger charge is 2.33. The van der Waals surface area contributed by atoms with Crippen LogP contribution in [0.2, 0.25) is 0 Å². The Morgan fingerprint density at radius 3 is 2.56 bits per heavy atom. The minimum Gasteiger partial charge on any atom is -0.317 e. The second-order valence-corrected chi connectivity index (χ2v) is 6.75. The Morgan fingerprint density at radius 1 is 1.00 bits per heavy atom. The number of imide groups is 1. The number of rotatable bonds is 3. The zero-order valence-corrected chi connectivity index (χ0v) is 14.5. The molecule has 3 aromatic rings. The molecule has 5 heteroatoms. The zero-order chi connectivity index (χ0) is 17.4. The van der Waals surface area contributed by atoms with Gasteiger partial charge in [0.05, 0.1) is 4.91 Å². The van der Waals surface area contributed by atoms with Gasteiger partial charge in [0.25, 0.3) is 11.1 Å². The van der Waals surface area contributed by atoms with Crippen LogP contribution in [0.1, 0.15) is 12.6 Å². The summed E-state index contributed by atoms with van der Waals surface area (Å²) in [5.41, 5.74) is 1.89. The average molecular weight is 348 g/mol. The molecule has 4 nitrogen and oxygen atoms in total. The first-order chi connectivity index (χ1) is 12.2. The van der Waals surface area contributed by atoms with Crippen LogP contribution in [0.15, 0.2) is 65.7 Å². The molecule has 0 atom stereocenters. The van der Waals surface area contributed by atoms with Crippen molar-refractivity contribution in [2.24, 2.45) is 0 Å². The lowest BCUT2D eigenvalue weighted by Crippen LogP contribution is -2.27. The average Bonchev–Trinajstić information content (AvgIpc) is 3.19. The van der Waals surface area contributed by atoms with Crippen LogP contribution in [0, 0.1) is 0 Å². The van der Waals surface area contributed by atoms with Gasteiger partial charge in [0, 0.05) is 24.1 Å². The molecule has 0 N–H and O–H groups in total. The largest absolute Gasteiger partial charge is 0.317 e. The van der Waals surface area contributed by atoms with Gasteiger partial charge >= 0.3 is 0 Å². The van der Waals surface area contributed by atoms with Crippen LogP contribution in [0.5, 0.6) is 0 Å². The van der Waals surface area contributed by atoms with E-state index in [-0.39, 0.29) is 11.1 Å². The number of hydrogen-bond acceptors (Lipinski definition) is 3. The van der Waals surface area contributed by atoms with Gasteiger partial charge in [0.15, 0.2) is 0 Å². The summed E-state index contributed by atoms with van der Waals surface area (Å²) >= 11 is 0.996. The molecule has 0 radical (unpaired) electrons. The summed E-state index contributed by atoms with van der Waals surface area (Å²) in [6.07, 6.45) is 3.75. The standard InChI is InChI=1S/C20H16N2O2S/c1-2-21-19(23)18(25-20(21)24)13-16-8-5-11-22(16)17-10-9-14-6-3-4-7-15(14)12-17/h3-13H,2H2,1H3/b18-13-. The molecule has 124 valence electrons. The molecule has 1 fully saturated rings. The molecule has 1 aromatic heterocycles. The van der Waals surface area contributed by atoms with Crippen LogP contribution < -0.4 is 0 Å². The van der Waals surface area contributed by atoms with Gasteiger partial charge in [-0.3, -0.25) is 14.5 Å². The van der Waals surface area contributed by atoms with Crippen molar-refractivity contribution in [2.45, 2.75) is 6.92 Å². The third kappa shape index (κ3) is 2.76. The van der Waals surface area contributed by atoms with E-state index in [9.17, 15) is 9.59 Å². The predicted octanol–water partition coefficient (Wildman–Crippen LogP) is 4.69. The fraction of sp³-hybridized carbons (Fsp3) is 0.100. The zero-order valence-electron chi connectivity index (χ0n) is 13.7. The lowest BCUT2D eigenvalue weighted by molar-refractivity contribution is -0.122. The fourth-order valence-corrected chi connectivity index (χ4v) is 3.87. The smallest absolute Gasteiger partial charge is 0.293 e. The van der Waals surface area contributed by atoms with Crippen molar-refractivity contribution in [2.75, 3.05) is 6.54 Å². The van der Waals surface area contributed by atoms with Crippen molar-refractivity contribution >= 4 is 39.8 Å². The maximum Gasteiger partial charge on any atom is 0.293 e. The maximum atomic E-state index is 12.3. The van der Waals surface area contributed by atoms with E-state index in [4.69, 9.17) is 0 Å². The molecule has 2 heterocycles. The first kappa shape index (κ1) is 15.7. The lowest BCUT2D eigenvalue weighted by Gasteiger charge is -2.09. The third-order valence-corrected chi connectivity index (χ3v) is 5.17. The van der Waals surface area contributed by atoms with E-state index in [1.54, 1.807) is 13.0 Å². The molecule has 0 bridgehead atoms. The molecule has 1 saturated heterocycles. The molecule has 2 aromatic carbocycles. The molecule has 25 heavy (non-hydrogen) atoms. The van der Waals surface area contributed by atoms with Gasteiger partial charge in [0.1, 0.15) is 0 Å². The second kappa shape index (κ2) is 6.26. The van der Waals surface area contributed by atoms with Gasteiger partial charge in [-0.25, -0.2) is 0 Å². The van der Waals surface area contributed by atoms with Crippen molar-refractivity contribution < 1.29 is 9.59 Å². The topological polar surface area (TPSA) is 42.3 Å². The van der Waals surface area contributed by atoms with E-state index in [1.165, 1.54) is 10.3 Å². The van der Waals surface area contributed by atoms with E-state index in [0.717, 1.165) is 28.5 Å². The number of carbonyl (C=O) groups is 2. The Balaban J connectivity index is 1.74. The van der Waals surface area contributed by atoms with Crippen molar-refractivity contribution in [3.63, 3.8) is 0 Å². The number of aromatic nitrogens is 1. The Kier molecular flexibility index (Phi) is 3.93. The summed E-state index contributed by atoms with van der Waals surface area (Å²) < 4.78 is 2.02. The van der Waals surface area contributed by atoms with Crippen molar-refractivity contribution in [1.29, 1.82) is 0 Å². The number of fused-ring (bicyclic) bond motifs is 1. The molecule has 0 saturated carbocycles. The number of benzene rings is 2. The van der Waals surface area contributed by atoms with Gasteiger partial charge in [-0.05, 0) is 59.8 Å².